The van der Waals surface area contributed by atoms with Crippen LogP contribution >= 0.6 is 0 Å². The van der Waals surface area contributed by atoms with Crippen LogP contribution in [0.25, 0.3) is 0 Å². The minimum Gasteiger partial charge on any atom is -0.444 e. The van der Waals surface area contributed by atoms with Crippen LogP contribution in [-0.2, 0) is 9.47 Å². The first-order valence-corrected chi connectivity index (χ1v) is 7.84. The molecule has 1 fully saturated rings. The van der Waals surface area contributed by atoms with Crippen LogP contribution in [0.1, 0.15) is 54.4 Å². The molecular formula is C17H28N2O4. The van der Waals surface area contributed by atoms with Gasteiger partial charge in [0.15, 0.2) is 0 Å². The third-order valence-corrected chi connectivity index (χ3v) is 3.12. The van der Waals surface area contributed by atoms with Gasteiger partial charge >= 0.3 is 12.2 Å². The Morgan fingerprint density at radius 3 is 2.22 bits per heavy atom. The third kappa shape index (κ3) is 6.81. The Kier molecular flexibility index (Phi) is 5.92. The van der Waals surface area contributed by atoms with Crippen LogP contribution in [-0.4, -0.2) is 46.9 Å². The summed E-state index contributed by atoms with van der Waals surface area (Å²) in [6, 6.07) is -0.342. The first kappa shape index (κ1) is 19.1. The summed E-state index contributed by atoms with van der Waals surface area (Å²) >= 11 is 0. The molecule has 1 saturated heterocycles. The molecule has 0 aromatic carbocycles. The van der Waals surface area contributed by atoms with Crippen molar-refractivity contribution in [1.29, 1.82) is 0 Å². The monoisotopic (exact) mass is 324 g/mol. The molecule has 2 amide bonds. The number of carbonyl (C=O) groups excluding carboxylic acids is 2. The topological polar surface area (TPSA) is 67.9 Å². The zero-order valence-electron chi connectivity index (χ0n) is 14.9. The molecule has 6 nitrogen and oxygen atoms in total. The predicted molar refractivity (Wildman–Crippen MR) is 88.0 cm³/mol. The second kappa shape index (κ2) is 7.12. The van der Waals surface area contributed by atoms with Crippen LogP contribution in [0.4, 0.5) is 9.59 Å². The van der Waals surface area contributed by atoms with Gasteiger partial charge in [0.25, 0.3) is 0 Å². The predicted octanol–water partition coefficient (Wildman–Crippen LogP) is 2.91. The average Bonchev–Trinajstić information content (AvgIpc) is 2.67. The summed E-state index contributed by atoms with van der Waals surface area (Å²) in [5, 5.41) is 2.79. The fourth-order valence-electron chi connectivity index (χ4n) is 2.37. The Hall–Kier alpha value is -1.90. The summed E-state index contributed by atoms with van der Waals surface area (Å²) in [6.45, 7) is 11.2. The van der Waals surface area contributed by atoms with Crippen molar-refractivity contribution < 1.29 is 19.1 Å². The van der Waals surface area contributed by atoms with E-state index in [4.69, 9.17) is 15.9 Å². The number of alkyl carbamates (subject to hydrolysis) is 1. The van der Waals surface area contributed by atoms with Crippen molar-refractivity contribution >= 4 is 12.2 Å². The lowest BCUT2D eigenvalue weighted by atomic mass is 10.1. The minimum atomic E-state index is -0.575. The fraction of sp³-hybridized carbons (Fsp3) is 0.765. The smallest absolute Gasteiger partial charge is 0.410 e. The van der Waals surface area contributed by atoms with Crippen molar-refractivity contribution in [3.8, 4) is 12.3 Å². The van der Waals surface area contributed by atoms with E-state index in [-0.39, 0.29) is 12.1 Å². The Labute approximate surface area is 138 Å². The van der Waals surface area contributed by atoms with Gasteiger partial charge in [0, 0.05) is 19.0 Å². The molecule has 0 unspecified atom stereocenters. The van der Waals surface area contributed by atoms with E-state index >= 15 is 0 Å². The van der Waals surface area contributed by atoms with Crippen molar-refractivity contribution in [1.82, 2.24) is 10.2 Å². The summed E-state index contributed by atoms with van der Waals surface area (Å²) < 4.78 is 10.7. The summed E-state index contributed by atoms with van der Waals surface area (Å²) in [5.41, 5.74) is -1.14. The molecule has 2 atom stereocenters. The van der Waals surface area contributed by atoms with Gasteiger partial charge in [0.2, 0.25) is 0 Å². The summed E-state index contributed by atoms with van der Waals surface area (Å²) in [6.07, 6.45) is 5.49. The summed E-state index contributed by atoms with van der Waals surface area (Å²) in [5.74, 6) is 2.58. The normalized spacial score (nSPS) is 21.5. The third-order valence-electron chi connectivity index (χ3n) is 3.12. The van der Waals surface area contributed by atoms with E-state index in [0.29, 0.717) is 19.4 Å². The van der Waals surface area contributed by atoms with Crippen LogP contribution in [0.15, 0.2) is 0 Å². The molecule has 1 rings (SSSR count). The zero-order chi connectivity index (χ0) is 17.8. The summed E-state index contributed by atoms with van der Waals surface area (Å²) in [4.78, 5) is 25.8. The van der Waals surface area contributed by atoms with Gasteiger partial charge in [-0.05, 0) is 48.0 Å². The molecule has 1 heterocycles. The van der Waals surface area contributed by atoms with Gasteiger partial charge in [-0.3, -0.25) is 0 Å². The first-order valence-electron chi connectivity index (χ1n) is 7.84. The van der Waals surface area contributed by atoms with E-state index < -0.39 is 23.4 Å². The summed E-state index contributed by atoms with van der Waals surface area (Å²) in [7, 11) is 0. The number of hydrogen-bond acceptors (Lipinski definition) is 4. The maximum absolute atomic E-state index is 12.3. The number of hydrogen-bond donors (Lipinski definition) is 1. The SMILES string of the molecule is C#CC[C@H]1C[C@H](NC(=O)OC(C)(C)C)CN1C(=O)OC(C)(C)C. The second-order valence-corrected chi connectivity index (χ2v) is 7.77. The van der Waals surface area contributed by atoms with E-state index in [1.165, 1.54) is 0 Å². The van der Waals surface area contributed by atoms with Crippen molar-refractivity contribution in [2.24, 2.45) is 0 Å². The van der Waals surface area contributed by atoms with Gasteiger partial charge in [0.1, 0.15) is 11.2 Å². The van der Waals surface area contributed by atoms with Gasteiger partial charge in [-0.1, -0.05) is 0 Å². The van der Waals surface area contributed by atoms with E-state index in [1.54, 1.807) is 25.7 Å². The number of amides is 2. The van der Waals surface area contributed by atoms with Gasteiger partial charge in [-0.15, -0.1) is 12.3 Å². The van der Waals surface area contributed by atoms with E-state index in [1.807, 2.05) is 20.8 Å². The quantitative estimate of drug-likeness (QED) is 0.793. The number of rotatable bonds is 2. The van der Waals surface area contributed by atoms with Crippen molar-refractivity contribution in [3.05, 3.63) is 0 Å². The molecule has 1 N–H and O–H groups in total. The number of ether oxygens (including phenoxy) is 2. The minimum absolute atomic E-state index is 0.144. The lowest BCUT2D eigenvalue weighted by molar-refractivity contribution is 0.0221. The Morgan fingerprint density at radius 1 is 1.17 bits per heavy atom. The Bertz CT molecular complexity index is 482. The van der Waals surface area contributed by atoms with E-state index in [2.05, 4.69) is 11.2 Å². The lowest BCUT2D eigenvalue weighted by Gasteiger charge is -2.27. The van der Waals surface area contributed by atoms with Gasteiger partial charge in [-0.25, -0.2) is 9.59 Å². The molecule has 0 bridgehead atoms. The van der Waals surface area contributed by atoms with Crippen LogP contribution in [0.3, 0.4) is 0 Å². The van der Waals surface area contributed by atoms with Crippen LogP contribution in [0.2, 0.25) is 0 Å². The highest BCUT2D eigenvalue weighted by molar-refractivity contribution is 5.71. The Morgan fingerprint density at radius 2 is 1.74 bits per heavy atom. The molecule has 0 radical (unpaired) electrons. The molecule has 0 aliphatic carbocycles. The van der Waals surface area contributed by atoms with Gasteiger partial charge in [0.05, 0.1) is 6.04 Å². The van der Waals surface area contributed by atoms with E-state index in [0.717, 1.165) is 0 Å². The molecule has 1 aliphatic rings. The number of carbonyl (C=O) groups is 2. The maximum Gasteiger partial charge on any atom is 0.410 e. The maximum atomic E-state index is 12.3. The van der Waals surface area contributed by atoms with Crippen LogP contribution in [0, 0.1) is 12.3 Å². The lowest BCUT2D eigenvalue weighted by Crippen LogP contribution is -2.43. The molecule has 1 aliphatic heterocycles. The molecule has 0 spiro atoms. The number of nitrogens with one attached hydrogen (secondary N) is 1. The van der Waals surface area contributed by atoms with Gasteiger partial charge < -0.3 is 19.7 Å². The molecule has 0 saturated carbocycles. The molecule has 23 heavy (non-hydrogen) atoms. The van der Waals surface area contributed by atoms with E-state index in [9.17, 15) is 9.59 Å². The van der Waals surface area contributed by atoms with Gasteiger partial charge in [-0.2, -0.15) is 0 Å². The highest BCUT2D eigenvalue weighted by Gasteiger charge is 2.38. The van der Waals surface area contributed by atoms with Crippen LogP contribution < -0.4 is 5.32 Å². The number of nitrogens with zero attached hydrogens (tertiary/aromatic N) is 1. The highest BCUT2D eigenvalue weighted by atomic mass is 16.6. The second-order valence-electron chi connectivity index (χ2n) is 7.77. The van der Waals surface area contributed by atoms with Crippen LogP contribution in [0.5, 0.6) is 0 Å². The van der Waals surface area contributed by atoms with Crippen molar-refractivity contribution in [3.63, 3.8) is 0 Å². The number of terminal acetylenes is 1. The number of likely N-dealkylation sites (tertiary alicyclic amines) is 1. The molecular weight excluding hydrogens is 296 g/mol. The average molecular weight is 324 g/mol. The largest absolute Gasteiger partial charge is 0.444 e. The van der Waals surface area contributed by atoms with Crippen molar-refractivity contribution in [2.75, 3.05) is 6.54 Å². The fourth-order valence-corrected chi connectivity index (χ4v) is 2.37. The Balaban J connectivity index is 2.69. The first-order chi connectivity index (χ1) is 10.4. The van der Waals surface area contributed by atoms with Crippen molar-refractivity contribution in [2.45, 2.75) is 77.7 Å². The standard InChI is InChI=1S/C17H28N2O4/c1-8-9-13-10-12(18-14(20)22-16(2,3)4)11-19(13)15(21)23-17(5,6)7/h1,12-13H,9-11H2,2-7H3,(H,18,20)/t12-,13-/m0/s1. The molecule has 130 valence electrons. The zero-order valence-corrected chi connectivity index (χ0v) is 14.9. The highest BCUT2D eigenvalue weighted by Crippen LogP contribution is 2.23. The molecule has 0 aromatic heterocycles. The molecule has 6 heteroatoms. The molecule has 0 aromatic rings.